The average Bonchev–Trinajstić information content (AvgIpc) is 2.98. The summed E-state index contributed by atoms with van der Waals surface area (Å²) < 4.78 is 5.21. The van der Waals surface area contributed by atoms with E-state index in [0.717, 1.165) is 22.6 Å². The van der Waals surface area contributed by atoms with Gasteiger partial charge in [0.2, 0.25) is 11.8 Å². The molecule has 0 aliphatic carbocycles. The summed E-state index contributed by atoms with van der Waals surface area (Å²) in [6, 6.07) is 7.85. The molecule has 6 nitrogen and oxygen atoms in total. The largest absolute Gasteiger partial charge is 0.497 e. The molecule has 0 aliphatic rings. The molecular weight excluding hydrogens is 346 g/mol. The third-order valence-corrected chi connectivity index (χ3v) is 4.92. The Labute approximate surface area is 148 Å². The van der Waals surface area contributed by atoms with Crippen LogP contribution in [0.5, 0.6) is 5.75 Å². The van der Waals surface area contributed by atoms with Crippen LogP contribution in [0.15, 0.2) is 30.5 Å². The number of nitrogens with two attached hydrogens (primary N) is 1. The number of carbonyl (C=O) groups excluding carboxylic acids is 2. The van der Waals surface area contributed by atoms with Crippen molar-refractivity contribution in [3.05, 3.63) is 40.9 Å². The first-order valence-corrected chi connectivity index (χ1v) is 9.27. The van der Waals surface area contributed by atoms with Crippen LogP contribution in [0, 0.1) is 0 Å². The van der Waals surface area contributed by atoms with E-state index >= 15 is 0 Å². The van der Waals surface area contributed by atoms with Crippen LogP contribution in [0.4, 0.5) is 5.13 Å². The molecule has 2 rings (SSSR count). The number of thioether (sulfide) groups is 1. The average molecular weight is 365 g/mol. The molecule has 128 valence electrons. The third-order valence-electron chi connectivity index (χ3n) is 3.03. The minimum Gasteiger partial charge on any atom is -0.497 e. The summed E-state index contributed by atoms with van der Waals surface area (Å²) in [5.74, 6) is 1.11. The van der Waals surface area contributed by atoms with E-state index in [-0.39, 0.29) is 17.6 Å². The van der Waals surface area contributed by atoms with Gasteiger partial charge in [-0.15, -0.1) is 11.3 Å². The topological polar surface area (TPSA) is 94.3 Å². The number of primary amides is 1. The van der Waals surface area contributed by atoms with Crippen molar-refractivity contribution in [1.82, 2.24) is 4.98 Å². The first kappa shape index (κ1) is 18.3. The van der Waals surface area contributed by atoms with E-state index in [9.17, 15) is 9.59 Å². The Bertz CT molecular complexity index is 703. The molecule has 2 aromatic rings. The Morgan fingerprint density at radius 3 is 3.00 bits per heavy atom. The highest BCUT2D eigenvalue weighted by molar-refractivity contribution is 7.99. The fourth-order valence-corrected chi connectivity index (χ4v) is 3.49. The van der Waals surface area contributed by atoms with Gasteiger partial charge in [0.05, 0.1) is 12.9 Å². The second kappa shape index (κ2) is 9.29. The lowest BCUT2D eigenvalue weighted by Gasteiger charge is -2.02. The van der Waals surface area contributed by atoms with Crippen molar-refractivity contribution in [1.29, 1.82) is 0 Å². The number of amides is 2. The SMILES string of the molecule is COc1cccc(Cc2cnc(NC(=O)CCSCC(N)=O)s2)c1. The molecule has 0 saturated heterocycles. The lowest BCUT2D eigenvalue weighted by atomic mass is 10.1. The van der Waals surface area contributed by atoms with E-state index in [0.29, 0.717) is 17.3 Å². The number of methoxy groups -OCH3 is 1. The highest BCUT2D eigenvalue weighted by atomic mass is 32.2. The van der Waals surface area contributed by atoms with Crippen LogP contribution in [0.3, 0.4) is 0 Å². The van der Waals surface area contributed by atoms with Crippen LogP contribution >= 0.6 is 23.1 Å². The van der Waals surface area contributed by atoms with Gasteiger partial charge in [-0.2, -0.15) is 11.8 Å². The number of nitrogens with one attached hydrogen (secondary N) is 1. The summed E-state index contributed by atoms with van der Waals surface area (Å²) >= 11 is 2.80. The molecule has 8 heteroatoms. The molecule has 1 heterocycles. The minimum atomic E-state index is -0.373. The molecule has 0 fully saturated rings. The van der Waals surface area contributed by atoms with E-state index in [4.69, 9.17) is 10.5 Å². The first-order valence-electron chi connectivity index (χ1n) is 7.30. The van der Waals surface area contributed by atoms with Gasteiger partial charge < -0.3 is 15.8 Å². The summed E-state index contributed by atoms with van der Waals surface area (Å²) in [5.41, 5.74) is 6.16. The predicted molar refractivity (Wildman–Crippen MR) is 97.7 cm³/mol. The normalized spacial score (nSPS) is 10.4. The fourth-order valence-electron chi connectivity index (χ4n) is 1.95. The number of nitrogens with zero attached hydrogens (tertiary/aromatic N) is 1. The van der Waals surface area contributed by atoms with E-state index in [1.165, 1.54) is 23.1 Å². The number of anilines is 1. The van der Waals surface area contributed by atoms with Crippen molar-refractivity contribution in [2.24, 2.45) is 5.73 Å². The van der Waals surface area contributed by atoms with Gasteiger partial charge in [0.15, 0.2) is 5.13 Å². The van der Waals surface area contributed by atoms with Gasteiger partial charge in [-0.3, -0.25) is 9.59 Å². The molecule has 1 aromatic carbocycles. The van der Waals surface area contributed by atoms with Gasteiger partial charge in [-0.25, -0.2) is 4.98 Å². The molecule has 2 amide bonds. The molecule has 0 radical (unpaired) electrons. The van der Waals surface area contributed by atoms with Crippen molar-refractivity contribution in [2.45, 2.75) is 12.8 Å². The van der Waals surface area contributed by atoms with Gasteiger partial charge in [0.25, 0.3) is 0 Å². The van der Waals surface area contributed by atoms with E-state index in [1.807, 2.05) is 24.3 Å². The molecule has 0 bridgehead atoms. The molecule has 0 spiro atoms. The summed E-state index contributed by atoms with van der Waals surface area (Å²) in [7, 11) is 1.64. The second-order valence-electron chi connectivity index (χ2n) is 4.98. The zero-order valence-corrected chi connectivity index (χ0v) is 14.9. The molecule has 0 saturated carbocycles. The van der Waals surface area contributed by atoms with Gasteiger partial charge in [-0.05, 0) is 17.7 Å². The third kappa shape index (κ3) is 6.21. The quantitative estimate of drug-likeness (QED) is 0.665. The number of thiazole rings is 1. The molecule has 24 heavy (non-hydrogen) atoms. The van der Waals surface area contributed by atoms with Crippen LogP contribution in [-0.2, 0) is 16.0 Å². The van der Waals surface area contributed by atoms with Crippen LogP contribution in [-0.4, -0.2) is 35.4 Å². The predicted octanol–water partition coefficient (Wildman–Crippen LogP) is 2.29. The van der Waals surface area contributed by atoms with Crippen LogP contribution < -0.4 is 15.8 Å². The maximum Gasteiger partial charge on any atom is 0.227 e. The first-order chi connectivity index (χ1) is 11.6. The second-order valence-corrected chi connectivity index (χ2v) is 7.20. The van der Waals surface area contributed by atoms with Gasteiger partial charge in [-0.1, -0.05) is 12.1 Å². The molecule has 0 unspecified atom stereocenters. The maximum atomic E-state index is 11.8. The van der Waals surface area contributed by atoms with Crippen molar-refractivity contribution in [3.8, 4) is 5.75 Å². The van der Waals surface area contributed by atoms with Crippen molar-refractivity contribution in [3.63, 3.8) is 0 Å². The Morgan fingerprint density at radius 2 is 2.25 bits per heavy atom. The highest BCUT2D eigenvalue weighted by Gasteiger charge is 2.08. The number of aromatic nitrogens is 1. The van der Waals surface area contributed by atoms with Crippen LogP contribution in [0.25, 0.3) is 0 Å². The zero-order chi connectivity index (χ0) is 17.4. The number of hydrogen-bond donors (Lipinski definition) is 2. The Kier molecular flexibility index (Phi) is 7.07. The van der Waals surface area contributed by atoms with Gasteiger partial charge in [0, 0.05) is 29.7 Å². The Balaban J connectivity index is 1.82. The zero-order valence-electron chi connectivity index (χ0n) is 13.3. The van der Waals surface area contributed by atoms with E-state index in [1.54, 1.807) is 13.3 Å². The van der Waals surface area contributed by atoms with E-state index in [2.05, 4.69) is 10.3 Å². The van der Waals surface area contributed by atoms with Crippen LogP contribution in [0.1, 0.15) is 16.9 Å². The van der Waals surface area contributed by atoms with Crippen LogP contribution in [0.2, 0.25) is 0 Å². The summed E-state index contributed by atoms with van der Waals surface area (Å²) in [4.78, 5) is 27.7. The number of ether oxygens (including phenoxy) is 1. The monoisotopic (exact) mass is 365 g/mol. The van der Waals surface area contributed by atoms with Gasteiger partial charge in [0.1, 0.15) is 5.75 Å². The summed E-state index contributed by atoms with van der Waals surface area (Å²) in [6.07, 6.45) is 2.82. The maximum absolute atomic E-state index is 11.8. The summed E-state index contributed by atoms with van der Waals surface area (Å²) in [5, 5.41) is 3.35. The van der Waals surface area contributed by atoms with Crippen molar-refractivity contribution >= 4 is 40.0 Å². The molecular formula is C16H19N3O3S2. The van der Waals surface area contributed by atoms with Crippen molar-refractivity contribution < 1.29 is 14.3 Å². The van der Waals surface area contributed by atoms with E-state index < -0.39 is 0 Å². The summed E-state index contributed by atoms with van der Waals surface area (Å²) in [6.45, 7) is 0. The Morgan fingerprint density at radius 1 is 1.42 bits per heavy atom. The van der Waals surface area contributed by atoms with Crippen molar-refractivity contribution in [2.75, 3.05) is 23.9 Å². The molecule has 3 N–H and O–H groups in total. The number of benzene rings is 1. The lowest BCUT2D eigenvalue weighted by molar-refractivity contribution is -0.116. The smallest absolute Gasteiger partial charge is 0.227 e. The molecule has 0 atom stereocenters. The molecule has 1 aromatic heterocycles. The van der Waals surface area contributed by atoms with Gasteiger partial charge >= 0.3 is 0 Å². The Hall–Kier alpha value is -2.06. The fraction of sp³-hybridized carbons (Fsp3) is 0.312. The highest BCUT2D eigenvalue weighted by Crippen LogP contribution is 2.23. The number of hydrogen-bond acceptors (Lipinski definition) is 6. The minimum absolute atomic E-state index is 0.116. The standard InChI is InChI=1S/C16H19N3O3S2/c1-22-12-4-2-3-11(7-12)8-13-9-18-16(24-13)19-15(21)5-6-23-10-14(17)20/h2-4,7,9H,5-6,8,10H2,1H3,(H2,17,20)(H,18,19,21). The number of carbonyl (C=O) groups is 2. The molecule has 0 aliphatic heterocycles. The lowest BCUT2D eigenvalue weighted by Crippen LogP contribution is -2.15. The number of rotatable bonds is 9.